The van der Waals surface area contributed by atoms with Crippen molar-refractivity contribution in [3.8, 4) is 11.5 Å². The van der Waals surface area contributed by atoms with Crippen molar-refractivity contribution in [3.63, 3.8) is 0 Å². The van der Waals surface area contributed by atoms with Crippen molar-refractivity contribution < 1.29 is 10.2 Å². The highest BCUT2D eigenvalue weighted by Gasteiger charge is 2.28. The molecule has 0 bridgehead atoms. The molecular weight excluding hydrogens is 511 g/mol. The Kier molecular flexibility index (Phi) is 10.4. The molecule has 0 atom stereocenters. The second kappa shape index (κ2) is 14.0. The van der Waals surface area contributed by atoms with Crippen molar-refractivity contribution in [3.05, 3.63) is 118 Å². The number of phenols is 2. The summed E-state index contributed by atoms with van der Waals surface area (Å²) in [5.74, 6) is 0.814. The number of hydrogen-bond donors (Lipinski definition) is 2. The third-order valence-electron chi connectivity index (χ3n) is 7.67. The first-order chi connectivity index (χ1) is 18.9. The zero-order valence-corrected chi connectivity index (χ0v) is 26.3. The van der Waals surface area contributed by atoms with Crippen LogP contribution in [-0.2, 0) is 12.8 Å². The van der Waals surface area contributed by atoms with Crippen LogP contribution in [0.25, 0.3) is 0 Å². The van der Waals surface area contributed by atoms with Crippen LogP contribution in [0.1, 0.15) is 78.5 Å². The monoisotopic (exact) mass is 554 g/mol. The van der Waals surface area contributed by atoms with Crippen molar-refractivity contribution in [1.29, 1.82) is 0 Å². The van der Waals surface area contributed by atoms with E-state index in [4.69, 9.17) is 0 Å². The van der Waals surface area contributed by atoms with Crippen LogP contribution in [0, 0.1) is 13.8 Å². The Bertz CT molecular complexity index is 1250. The van der Waals surface area contributed by atoms with E-state index >= 15 is 0 Å². The minimum atomic E-state index is -0.954. The molecule has 4 heteroatoms. The molecule has 2 N–H and O–H groups in total. The van der Waals surface area contributed by atoms with Gasteiger partial charge in [-0.25, -0.2) is 0 Å². The van der Waals surface area contributed by atoms with Crippen molar-refractivity contribution in [2.45, 2.75) is 71.8 Å². The molecule has 2 nitrogen and oxygen atoms in total. The van der Waals surface area contributed by atoms with Gasteiger partial charge in [0.05, 0.1) is 9.19 Å². The summed E-state index contributed by atoms with van der Waals surface area (Å²) in [4.78, 5) is 0. The van der Waals surface area contributed by atoms with Gasteiger partial charge >= 0.3 is 0 Å². The van der Waals surface area contributed by atoms with Crippen LogP contribution >= 0.6 is 7.47 Å². The summed E-state index contributed by atoms with van der Waals surface area (Å²) in [7, 11) is -1.89. The lowest BCUT2D eigenvalue weighted by atomic mass is 10.0. The summed E-state index contributed by atoms with van der Waals surface area (Å²) in [6, 6.07) is 30.4. The zero-order valence-electron chi connectivity index (χ0n) is 24.0. The Morgan fingerprint density at radius 3 is 1.44 bits per heavy atom. The van der Waals surface area contributed by atoms with E-state index in [1.165, 1.54) is 22.3 Å². The Hall–Kier alpha value is -2.87. The van der Waals surface area contributed by atoms with Gasteiger partial charge in [0.2, 0.25) is 0 Å². The van der Waals surface area contributed by atoms with Gasteiger partial charge in [0.25, 0.3) is 0 Å². The Balaban J connectivity index is 1.92. The topological polar surface area (TPSA) is 40.5 Å². The van der Waals surface area contributed by atoms with Crippen molar-refractivity contribution in [2.24, 2.45) is 0 Å². The van der Waals surface area contributed by atoms with E-state index in [-0.39, 0.29) is 5.54 Å². The van der Waals surface area contributed by atoms with Gasteiger partial charge in [-0.05, 0) is 85.0 Å². The molecule has 39 heavy (non-hydrogen) atoms. The zero-order chi connectivity index (χ0) is 27.8. The molecule has 0 heterocycles. The predicted octanol–water partition coefficient (Wildman–Crippen LogP) is 7.71. The fourth-order valence-corrected chi connectivity index (χ4v) is 13.9. The fourth-order valence-electron chi connectivity index (χ4n) is 5.41. The molecule has 0 aliphatic rings. The van der Waals surface area contributed by atoms with Crippen LogP contribution in [0.4, 0.5) is 0 Å². The van der Waals surface area contributed by atoms with Crippen LogP contribution in [0.15, 0.2) is 84.9 Å². The van der Waals surface area contributed by atoms with Crippen LogP contribution in [0.2, 0.25) is 0 Å². The molecular formula is C35H43O2PSi. The predicted molar refractivity (Wildman–Crippen MR) is 172 cm³/mol. The van der Waals surface area contributed by atoms with Gasteiger partial charge in [-0.3, -0.25) is 0 Å². The molecule has 0 fully saturated rings. The number of phenolic OH excluding ortho intramolecular Hbond substituents is 2. The fraction of sp³-hybridized carbons (Fsp3) is 0.314. The van der Waals surface area contributed by atoms with Gasteiger partial charge in [-0.15, -0.1) is 0 Å². The van der Waals surface area contributed by atoms with Crippen molar-refractivity contribution >= 4 is 27.3 Å². The van der Waals surface area contributed by atoms with Crippen LogP contribution in [-0.4, -0.2) is 19.4 Å². The van der Waals surface area contributed by atoms with Crippen LogP contribution in [0.5, 0.6) is 11.5 Å². The number of unbranched alkanes of at least 4 members (excludes halogenated alkanes) is 2. The molecule has 0 radical (unpaired) electrons. The molecule has 4 aromatic carbocycles. The molecule has 4 rings (SSSR count). The second-order valence-electron chi connectivity index (χ2n) is 10.8. The highest BCUT2D eigenvalue weighted by atomic mass is 31.4. The average molecular weight is 555 g/mol. The summed E-state index contributed by atoms with van der Waals surface area (Å²) in [6.07, 6.45) is 6.57. The molecule has 0 amide bonds. The molecule has 0 unspecified atom stereocenters. The summed E-state index contributed by atoms with van der Waals surface area (Å²) >= 11 is 0. The lowest BCUT2D eigenvalue weighted by molar-refractivity contribution is 0.474. The summed E-state index contributed by atoms with van der Waals surface area (Å²) < 4.78 is 0. The number of benzene rings is 4. The molecule has 0 spiro atoms. The van der Waals surface area contributed by atoms with E-state index in [1.807, 2.05) is 13.8 Å². The third-order valence-corrected chi connectivity index (χ3v) is 15.4. The summed E-state index contributed by atoms with van der Waals surface area (Å²) in [5.41, 5.74) is 7.37. The first-order valence-corrected chi connectivity index (χ1v) is 18.7. The van der Waals surface area contributed by atoms with Crippen LogP contribution in [0.3, 0.4) is 0 Å². The van der Waals surface area contributed by atoms with Gasteiger partial charge in [0, 0.05) is 16.2 Å². The van der Waals surface area contributed by atoms with Crippen molar-refractivity contribution in [1.82, 2.24) is 0 Å². The van der Waals surface area contributed by atoms with E-state index in [9.17, 15) is 10.2 Å². The Morgan fingerprint density at radius 2 is 1.05 bits per heavy atom. The first kappa shape index (κ1) is 29.1. The van der Waals surface area contributed by atoms with E-state index in [1.54, 1.807) is 0 Å². The number of hydrogen-bond acceptors (Lipinski definition) is 2. The highest BCUT2D eigenvalue weighted by molar-refractivity contribution is 7.97. The van der Waals surface area contributed by atoms with Gasteiger partial charge in [-0.2, -0.15) is 0 Å². The molecule has 0 aliphatic heterocycles. The molecule has 0 saturated heterocycles. The number of aromatic hydroxyl groups is 2. The molecule has 0 saturated carbocycles. The Labute approximate surface area is 238 Å². The summed E-state index contributed by atoms with van der Waals surface area (Å²) in [5, 5.41) is 25.2. The third kappa shape index (κ3) is 7.21. The molecule has 4 aromatic rings. The van der Waals surface area contributed by atoms with E-state index in [0.29, 0.717) is 11.5 Å². The van der Waals surface area contributed by atoms with Gasteiger partial charge < -0.3 is 10.2 Å². The van der Waals surface area contributed by atoms with Crippen molar-refractivity contribution in [2.75, 3.05) is 0 Å². The lowest BCUT2D eigenvalue weighted by Gasteiger charge is -2.28. The van der Waals surface area contributed by atoms with E-state index in [2.05, 4.69) is 98.8 Å². The highest BCUT2D eigenvalue weighted by Crippen LogP contribution is 2.45. The average Bonchev–Trinajstić information content (AvgIpc) is 2.96. The standard InChI is InChI=1S/C35H43O2PSi/c1-5-7-15-27-21-25(3)33(36)31(23-27)38(32-24-28(16-8-6-2)22-26(4)34(32)37)39-35(29-17-11-9-12-18-29)30-19-13-10-14-20-30/h9-14,17-24,35-37H,5-8,15-16,39H2,1-4H3. The largest absolute Gasteiger partial charge is 0.507 e. The molecule has 0 aliphatic carbocycles. The quantitative estimate of drug-likeness (QED) is 0.139. The molecule has 204 valence electrons. The van der Waals surface area contributed by atoms with Crippen LogP contribution < -0.4 is 10.6 Å². The van der Waals surface area contributed by atoms with Gasteiger partial charge in [0.15, 0.2) is 0 Å². The van der Waals surface area contributed by atoms with E-state index in [0.717, 1.165) is 60.3 Å². The Morgan fingerprint density at radius 1 is 0.641 bits per heavy atom. The minimum Gasteiger partial charge on any atom is -0.507 e. The maximum absolute atomic E-state index is 11.6. The maximum Gasteiger partial charge on any atom is 0.126 e. The molecule has 0 aromatic heterocycles. The van der Waals surface area contributed by atoms with Gasteiger partial charge in [-0.1, -0.05) is 107 Å². The van der Waals surface area contributed by atoms with E-state index < -0.39 is 16.7 Å². The lowest BCUT2D eigenvalue weighted by Crippen LogP contribution is -2.23. The number of rotatable bonds is 12. The minimum absolute atomic E-state index is 0.275. The first-order valence-electron chi connectivity index (χ1n) is 14.4. The number of aryl methyl sites for hydroxylation is 4. The second-order valence-corrected chi connectivity index (χ2v) is 16.7. The SMILES string of the molecule is CCCCc1cc(C)c(O)c(P([SiH2]C(c2ccccc2)c2ccccc2)c2cc(CCCC)cc(C)c2O)c1. The van der Waals surface area contributed by atoms with Gasteiger partial charge in [0.1, 0.15) is 11.5 Å². The maximum atomic E-state index is 11.6. The normalized spacial score (nSPS) is 11.7. The smallest absolute Gasteiger partial charge is 0.126 e. The summed E-state index contributed by atoms with van der Waals surface area (Å²) in [6.45, 7) is 8.50.